The van der Waals surface area contributed by atoms with E-state index < -0.39 is 33.2 Å². The number of hydrogen-bond acceptors (Lipinski definition) is 7. The minimum Gasteiger partial charge on any atom is -0.489 e. The first-order valence-electron chi connectivity index (χ1n) is 12.3. The van der Waals surface area contributed by atoms with Crippen LogP contribution in [0, 0.1) is 22.9 Å². The monoisotopic (exact) mass is 576 g/mol. The number of benzene rings is 4. The van der Waals surface area contributed by atoms with Crippen molar-refractivity contribution in [3.8, 4) is 5.75 Å². The number of nitro benzene ring substituents is 1. The zero-order valence-electron chi connectivity index (χ0n) is 21.8. The molecule has 0 atom stereocenters. The van der Waals surface area contributed by atoms with Crippen molar-refractivity contribution in [3.63, 3.8) is 0 Å². The summed E-state index contributed by atoms with van der Waals surface area (Å²) >= 11 is 0. The lowest BCUT2D eigenvalue weighted by Gasteiger charge is -2.24. The van der Waals surface area contributed by atoms with Crippen LogP contribution in [0.5, 0.6) is 5.75 Å². The molecule has 0 fully saturated rings. The van der Waals surface area contributed by atoms with E-state index in [2.05, 4.69) is 10.5 Å². The van der Waals surface area contributed by atoms with E-state index in [0.29, 0.717) is 15.6 Å². The van der Waals surface area contributed by atoms with Crippen molar-refractivity contribution in [1.29, 1.82) is 0 Å². The number of halogens is 1. The summed E-state index contributed by atoms with van der Waals surface area (Å²) in [6.45, 7) is 1.31. The van der Waals surface area contributed by atoms with E-state index >= 15 is 0 Å². The molecule has 0 bridgehead atoms. The molecular formula is C29H25FN4O6S. The number of nitrogens with zero attached hydrogens (tertiary/aromatic N) is 3. The highest BCUT2D eigenvalue weighted by Crippen LogP contribution is 2.26. The van der Waals surface area contributed by atoms with Gasteiger partial charge in [0.15, 0.2) is 0 Å². The Labute approximate surface area is 235 Å². The number of para-hydroxylation sites is 1. The zero-order chi connectivity index (χ0) is 29.4. The fourth-order valence-corrected chi connectivity index (χ4v) is 5.10. The van der Waals surface area contributed by atoms with Crippen molar-refractivity contribution < 1.29 is 27.3 Å². The van der Waals surface area contributed by atoms with Crippen LogP contribution in [0.3, 0.4) is 0 Å². The molecule has 0 aliphatic carbocycles. The normalized spacial score (nSPS) is 11.3. The molecule has 4 rings (SSSR count). The Morgan fingerprint density at radius 2 is 1.66 bits per heavy atom. The summed E-state index contributed by atoms with van der Waals surface area (Å²) in [5, 5.41) is 14.6. The van der Waals surface area contributed by atoms with Crippen LogP contribution >= 0.6 is 0 Å². The number of nitrogens with one attached hydrogen (secondary N) is 1. The average molecular weight is 577 g/mol. The van der Waals surface area contributed by atoms with Gasteiger partial charge in [-0.15, -0.1) is 0 Å². The van der Waals surface area contributed by atoms with E-state index in [1.165, 1.54) is 48.7 Å². The summed E-state index contributed by atoms with van der Waals surface area (Å²) in [5.74, 6) is -1.02. The van der Waals surface area contributed by atoms with Gasteiger partial charge in [0.1, 0.15) is 24.7 Å². The van der Waals surface area contributed by atoms with Crippen molar-refractivity contribution in [2.45, 2.75) is 18.4 Å². The number of sulfonamides is 1. The first-order chi connectivity index (χ1) is 19.6. The van der Waals surface area contributed by atoms with E-state index in [0.717, 1.165) is 17.2 Å². The number of rotatable bonds is 11. The van der Waals surface area contributed by atoms with Gasteiger partial charge in [0.05, 0.1) is 21.7 Å². The first-order valence-corrected chi connectivity index (χ1v) is 13.7. The Bertz CT molecular complexity index is 1660. The van der Waals surface area contributed by atoms with Gasteiger partial charge in [-0.1, -0.05) is 29.8 Å². The lowest BCUT2D eigenvalue weighted by atomic mass is 10.2. The summed E-state index contributed by atoms with van der Waals surface area (Å²) in [6, 6.07) is 24.1. The van der Waals surface area contributed by atoms with Gasteiger partial charge in [-0.05, 0) is 78.7 Å². The van der Waals surface area contributed by atoms with Crippen molar-refractivity contribution in [3.05, 3.63) is 130 Å². The second-order valence-corrected chi connectivity index (χ2v) is 10.7. The number of aryl methyl sites for hydroxylation is 1. The Hall–Kier alpha value is -5.10. The van der Waals surface area contributed by atoms with Gasteiger partial charge in [-0.3, -0.25) is 19.2 Å². The second kappa shape index (κ2) is 12.8. The molecule has 10 nitrogen and oxygen atoms in total. The summed E-state index contributed by atoms with van der Waals surface area (Å²) in [5.41, 5.74) is 4.23. The maximum atomic E-state index is 14.6. The van der Waals surface area contributed by atoms with E-state index in [1.54, 1.807) is 55.5 Å². The molecule has 0 aromatic heterocycles. The predicted molar refractivity (Wildman–Crippen MR) is 152 cm³/mol. The minimum atomic E-state index is -4.27. The molecule has 0 aliphatic heterocycles. The molecule has 0 heterocycles. The van der Waals surface area contributed by atoms with Crippen molar-refractivity contribution in [2.75, 3.05) is 10.8 Å². The number of hydrogen-bond donors (Lipinski definition) is 1. The standard InChI is InChI=1S/C29H25FN4O6S/c1-21-6-16-26(17-7-21)41(38,39)33(28-5-3-2-4-27(28)30)19-29(35)32-31-18-22-10-14-25(15-11-22)40-20-23-8-12-24(13-9-23)34(36)37/h2-18H,19-20H2,1H3,(H,32,35)/b31-18-. The van der Waals surface area contributed by atoms with Crippen LogP contribution in [0.4, 0.5) is 15.8 Å². The maximum absolute atomic E-state index is 14.6. The lowest BCUT2D eigenvalue weighted by molar-refractivity contribution is -0.384. The van der Waals surface area contributed by atoms with Gasteiger partial charge in [0, 0.05) is 12.1 Å². The topological polar surface area (TPSA) is 131 Å². The lowest BCUT2D eigenvalue weighted by Crippen LogP contribution is -2.40. The summed E-state index contributed by atoms with van der Waals surface area (Å²) < 4.78 is 47.7. The van der Waals surface area contributed by atoms with Crippen LogP contribution in [-0.2, 0) is 21.4 Å². The van der Waals surface area contributed by atoms with Crippen LogP contribution in [0.15, 0.2) is 107 Å². The quantitative estimate of drug-likeness (QED) is 0.152. The van der Waals surface area contributed by atoms with Gasteiger partial charge < -0.3 is 4.74 Å². The minimum absolute atomic E-state index is 0.00249. The molecule has 4 aromatic rings. The molecule has 0 unspecified atom stereocenters. The molecule has 0 radical (unpaired) electrons. The number of non-ortho nitro benzene ring substituents is 1. The number of amides is 1. The number of carbonyl (C=O) groups is 1. The Morgan fingerprint density at radius 3 is 2.29 bits per heavy atom. The highest BCUT2D eigenvalue weighted by molar-refractivity contribution is 7.92. The number of ether oxygens (including phenoxy) is 1. The third kappa shape index (κ3) is 7.51. The summed E-state index contributed by atoms with van der Waals surface area (Å²) in [6.07, 6.45) is 1.36. The number of hydrazone groups is 1. The Kier molecular flexibility index (Phi) is 9.05. The highest BCUT2D eigenvalue weighted by atomic mass is 32.2. The Morgan fingerprint density at radius 1 is 1.00 bits per heavy atom. The Balaban J connectivity index is 1.38. The summed E-state index contributed by atoms with van der Waals surface area (Å²) in [4.78, 5) is 22.9. The molecule has 12 heteroatoms. The fraction of sp³-hybridized carbons (Fsp3) is 0.103. The van der Waals surface area contributed by atoms with Crippen LogP contribution < -0.4 is 14.5 Å². The number of nitro groups is 1. The zero-order valence-corrected chi connectivity index (χ0v) is 22.6. The van der Waals surface area contributed by atoms with E-state index in [-0.39, 0.29) is 22.9 Å². The van der Waals surface area contributed by atoms with E-state index in [1.807, 2.05) is 0 Å². The molecule has 1 amide bonds. The van der Waals surface area contributed by atoms with Gasteiger partial charge in [0.25, 0.3) is 21.6 Å². The van der Waals surface area contributed by atoms with Gasteiger partial charge >= 0.3 is 0 Å². The molecule has 41 heavy (non-hydrogen) atoms. The highest BCUT2D eigenvalue weighted by Gasteiger charge is 2.29. The van der Waals surface area contributed by atoms with E-state index in [9.17, 15) is 27.7 Å². The van der Waals surface area contributed by atoms with Crippen molar-refractivity contribution in [1.82, 2.24) is 5.43 Å². The number of anilines is 1. The molecule has 1 N–H and O–H groups in total. The largest absolute Gasteiger partial charge is 0.489 e. The molecule has 4 aromatic carbocycles. The van der Waals surface area contributed by atoms with Crippen molar-refractivity contribution >= 4 is 33.5 Å². The van der Waals surface area contributed by atoms with Gasteiger partial charge in [0.2, 0.25) is 0 Å². The van der Waals surface area contributed by atoms with Crippen LogP contribution in [0.2, 0.25) is 0 Å². The average Bonchev–Trinajstić information content (AvgIpc) is 2.96. The fourth-order valence-electron chi connectivity index (χ4n) is 3.67. The third-order valence-corrected chi connectivity index (χ3v) is 7.63. The van der Waals surface area contributed by atoms with Gasteiger partial charge in [-0.25, -0.2) is 18.2 Å². The molecule has 0 aliphatic rings. The molecule has 0 saturated heterocycles. The third-order valence-electron chi connectivity index (χ3n) is 5.85. The molecule has 0 spiro atoms. The van der Waals surface area contributed by atoms with Gasteiger partial charge in [-0.2, -0.15) is 5.10 Å². The van der Waals surface area contributed by atoms with Crippen LogP contribution in [0.1, 0.15) is 16.7 Å². The molecule has 0 saturated carbocycles. The van der Waals surface area contributed by atoms with E-state index in [4.69, 9.17) is 4.74 Å². The second-order valence-electron chi connectivity index (χ2n) is 8.85. The smallest absolute Gasteiger partial charge is 0.269 e. The van der Waals surface area contributed by atoms with Crippen LogP contribution in [-0.4, -0.2) is 32.0 Å². The number of carbonyl (C=O) groups excluding carboxylic acids is 1. The maximum Gasteiger partial charge on any atom is 0.269 e. The SMILES string of the molecule is Cc1ccc(S(=O)(=O)N(CC(=O)N/N=C\c2ccc(OCc3ccc([N+](=O)[O-])cc3)cc2)c2ccccc2F)cc1. The molecule has 210 valence electrons. The predicted octanol–water partition coefficient (Wildman–Crippen LogP) is 4.97. The summed E-state index contributed by atoms with van der Waals surface area (Å²) in [7, 11) is -4.27. The van der Waals surface area contributed by atoms with Crippen molar-refractivity contribution in [2.24, 2.45) is 5.10 Å². The molecular weight excluding hydrogens is 551 g/mol. The van der Waals surface area contributed by atoms with Crippen LogP contribution in [0.25, 0.3) is 0 Å². The first kappa shape index (κ1) is 28.9.